The Bertz CT molecular complexity index is 435. The van der Waals surface area contributed by atoms with E-state index < -0.39 is 17.5 Å². The van der Waals surface area contributed by atoms with Crippen LogP contribution in [0.5, 0.6) is 0 Å². The summed E-state index contributed by atoms with van der Waals surface area (Å²) in [5, 5.41) is 6.99. The van der Waals surface area contributed by atoms with Crippen LogP contribution in [0.3, 0.4) is 0 Å². The highest BCUT2D eigenvalue weighted by atomic mass is 19.4. The van der Waals surface area contributed by atoms with Crippen molar-refractivity contribution in [1.82, 2.24) is 4.98 Å². The Balaban J connectivity index is 3.16. The van der Waals surface area contributed by atoms with Crippen LogP contribution in [0.15, 0.2) is 24.4 Å². The molecule has 0 atom stereocenters. The number of pyridine rings is 1. The third-order valence-corrected chi connectivity index (χ3v) is 1.88. The van der Waals surface area contributed by atoms with Crippen LogP contribution in [-0.2, 0) is 0 Å². The van der Waals surface area contributed by atoms with Gasteiger partial charge in [-0.05, 0) is 19.1 Å². The van der Waals surface area contributed by atoms with Gasteiger partial charge in [0, 0.05) is 17.5 Å². The summed E-state index contributed by atoms with van der Waals surface area (Å²) >= 11 is 0. The van der Waals surface area contributed by atoms with E-state index in [-0.39, 0.29) is 5.69 Å². The fraction of sp³-hybridized carbons (Fsp3) is 0.200. The molecule has 1 aromatic rings. The van der Waals surface area contributed by atoms with Crippen molar-refractivity contribution in [2.24, 2.45) is 5.73 Å². The van der Waals surface area contributed by atoms with Crippen molar-refractivity contribution in [3.05, 3.63) is 35.8 Å². The maximum absolute atomic E-state index is 12.3. The van der Waals surface area contributed by atoms with Gasteiger partial charge in [0.15, 0.2) is 0 Å². The summed E-state index contributed by atoms with van der Waals surface area (Å²) in [6.07, 6.45) is -3.98. The predicted octanol–water partition coefficient (Wildman–Crippen LogP) is 2.27. The highest BCUT2D eigenvalue weighted by Gasteiger charge is 2.37. The molecule has 0 aromatic carbocycles. The van der Waals surface area contributed by atoms with Crippen LogP contribution in [0.1, 0.15) is 11.4 Å². The highest BCUT2D eigenvalue weighted by molar-refractivity contribution is 6.24. The summed E-state index contributed by atoms with van der Waals surface area (Å²) in [5.74, 6) is 0. The van der Waals surface area contributed by atoms with Gasteiger partial charge in [-0.2, -0.15) is 13.2 Å². The number of nitrogens with two attached hydrogens (primary N) is 1. The molecule has 6 heteroatoms. The second-order valence-electron chi connectivity index (χ2n) is 3.12. The van der Waals surface area contributed by atoms with E-state index in [0.717, 1.165) is 6.20 Å². The van der Waals surface area contributed by atoms with Crippen molar-refractivity contribution in [2.45, 2.75) is 13.1 Å². The van der Waals surface area contributed by atoms with E-state index in [4.69, 9.17) is 11.1 Å². The quantitative estimate of drug-likeness (QED) is 0.764. The van der Waals surface area contributed by atoms with Gasteiger partial charge in [0.1, 0.15) is 5.71 Å². The molecule has 0 amide bonds. The van der Waals surface area contributed by atoms with Gasteiger partial charge in [-0.3, -0.25) is 10.4 Å². The molecule has 3 nitrogen and oxygen atoms in total. The highest BCUT2D eigenvalue weighted by Crippen LogP contribution is 2.25. The number of halogens is 3. The first-order valence-electron chi connectivity index (χ1n) is 4.38. The monoisotopic (exact) mass is 229 g/mol. The lowest BCUT2D eigenvalue weighted by Crippen LogP contribution is -2.24. The second-order valence-corrected chi connectivity index (χ2v) is 3.12. The number of alkyl halides is 3. The molecule has 16 heavy (non-hydrogen) atoms. The van der Waals surface area contributed by atoms with Crippen molar-refractivity contribution in [3.63, 3.8) is 0 Å². The molecular formula is C10H10F3N3. The average molecular weight is 229 g/mol. The molecule has 0 aliphatic rings. The Morgan fingerprint density at radius 1 is 1.44 bits per heavy atom. The fourth-order valence-electron chi connectivity index (χ4n) is 1.14. The number of aryl methyl sites for hydroxylation is 1. The lowest BCUT2D eigenvalue weighted by molar-refractivity contribution is -0.0578. The van der Waals surface area contributed by atoms with Gasteiger partial charge in [0.05, 0.1) is 5.69 Å². The zero-order chi connectivity index (χ0) is 12.3. The van der Waals surface area contributed by atoms with E-state index in [2.05, 4.69) is 4.98 Å². The van der Waals surface area contributed by atoms with Crippen LogP contribution < -0.4 is 5.73 Å². The molecule has 86 valence electrons. The maximum atomic E-state index is 12.3. The van der Waals surface area contributed by atoms with Crippen LogP contribution in [0.25, 0.3) is 5.57 Å². The molecule has 1 heterocycles. The summed E-state index contributed by atoms with van der Waals surface area (Å²) in [6, 6.07) is 4.59. The number of aromatic nitrogens is 1. The number of nitrogens with one attached hydrogen (secondary N) is 1. The molecule has 1 rings (SSSR count). The third-order valence-electron chi connectivity index (χ3n) is 1.88. The Labute approximate surface area is 90.3 Å². The fourth-order valence-corrected chi connectivity index (χ4v) is 1.14. The first-order chi connectivity index (χ1) is 7.36. The van der Waals surface area contributed by atoms with Gasteiger partial charge in [-0.15, -0.1) is 0 Å². The van der Waals surface area contributed by atoms with Gasteiger partial charge < -0.3 is 5.73 Å². The van der Waals surface area contributed by atoms with Crippen molar-refractivity contribution in [1.29, 1.82) is 5.41 Å². The first-order valence-corrected chi connectivity index (χ1v) is 4.38. The average Bonchev–Trinajstić information content (AvgIpc) is 2.17. The number of nitrogens with zero attached hydrogens (tertiary/aromatic N) is 1. The van der Waals surface area contributed by atoms with Crippen molar-refractivity contribution >= 4 is 11.3 Å². The molecule has 0 aliphatic heterocycles. The molecule has 0 bridgehead atoms. The van der Waals surface area contributed by atoms with Crippen LogP contribution in [0.4, 0.5) is 13.2 Å². The SMILES string of the molecule is Cc1cccc(/C(=C/N)C(=N)C(F)(F)F)n1. The van der Waals surface area contributed by atoms with Gasteiger partial charge in [-0.1, -0.05) is 6.07 Å². The zero-order valence-corrected chi connectivity index (χ0v) is 8.47. The standard InChI is InChI=1S/C10H10F3N3/c1-6-3-2-4-8(16-6)7(5-14)9(15)10(11,12)13/h2-5,15H,14H2,1H3/b7-5-,15-9?. The topological polar surface area (TPSA) is 62.8 Å². The van der Waals surface area contributed by atoms with E-state index in [9.17, 15) is 13.2 Å². The summed E-state index contributed by atoms with van der Waals surface area (Å²) in [5.41, 5.74) is 3.80. The van der Waals surface area contributed by atoms with Gasteiger partial charge in [0.2, 0.25) is 0 Å². The largest absolute Gasteiger partial charge is 0.433 e. The van der Waals surface area contributed by atoms with Gasteiger partial charge >= 0.3 is 6.18 Å². The normalized spacial score (nSPS) is 12.6. The molecule has 1 aromatic heterocycles. The predicted molar refractivity (Wildman–Crippen MR) is 54.9 cm³/mol. The van der Waals surface area contributed by atoms with E-state index >= 15 is 0 Å². The minimum Gasteiger partial charge on any atom is -0.404 e. The van der Waals surface area contributed by atoms with Crippen LogP contribution in [0, 0.1) is 12.3 Å². The van der Waals surface area contributed by atoms with Gasteiger partial charge in [0.25, 0.3) is 0 Å². The molecular weight excluding hydrogens is 219 g/mol. The maximum Gasteiger partial charge on any atom is 0.433 e. The molecule has 0 radical (unpaired) electrons. The summed E-state index contributed by atoms with van der Waals surface area (Å²) in [7, 11) is 0. The van der Waals surface area contributed by atoms with Crippen molar-refractivity contribution in [2.75, 3.05) is 0 Å². The zero-order valence-electron chi connectivity index (χ0n) is 8.47. The summed E-state index contributed by atoms with van der Waals surface area (Å²) < 4.78 is 37.0. The first kappa shape index (κ1) is 12.2. The molecule has 0 spiro atoms. The molecule has 3 N–H and O–H groups in total. The van der Waals surface area contributed by atoms with Gasteiger partial charge in [-0.25, -0.2) is 0 Å². The van der Waals surface area contributed by atoms with Crippen molar-refractivity contribution in [3.8, 4) is 0 Å². The lowest BCUT2D eigenvalue weighted by atomic mass is 10.1. The second kappa shape index (κ2) is 4.34. The van der Waals surface area contributed by atoms with E-state index in [1.54, 1.807) is 19.1 Å². The Hall–Kier alpha value is -1.85. The molecule has 0 saturated heterocycles. The number of allylic oxidation sites excluding steroid dienone is 1. The number of hydrogen-bond donors (Lipinski definition) is 2. The molecule has 0 saturated carbocycles. The molecule has 0 unspecified atom stereocenters. The number of rotatable bonds is 2. The smallest absolute Gasteiger partial charge is 0.404 e. The third kappa shape index (κ3) is 2.59. The lowest BCUT2D eigenvalue weighted by Gasteiger charge is -2.11. The minimum absolute atomic E-state index is 0.0461. The Kier molecular flexibility index (Phi) is 3.31. The minimum atomic E-state index is -4.73. The summed E-state index contributed by atoms with van der Waals surface area (Å²) in [6.45, 7) is 1.65. The van der Waals surface area contributed by atoms with Crippen LogP contribution in [0.2, 0.25) is 0 Å². The molecule has 0 fully saturated rings. The number of hydrogen-bond acceptors (Lipinski definition) is 3. The summed E-state index contributed by atoms with van der Waals surface area (Å²) in [4.78, 5) is 3.89. The van der Waals surface area contributed by atoms with Crippen LogP contribution in [-0.4, -0.2) is 16.9 Å². The van der Waals surface area contributed by atoms with E-state index in [0.29, 0.717) is 5.69 Å². The van der Waals surface area contributed by atoms with Crippen molar-refractivity contribution < 1.29 is 13.2 Å². The van der Waals surface area contributed by atoms with Crippen LogP contribution >= 0.6 is 0 Å². The van der Waals surface area contributed by atoms with E-state index in [1.807, 2.05) is 0 Å². The Morgan fingerprint density at radius 3 is 2.50 bits per heavy atom. The Morgan fingerprint density at radius 2 is 2.06 bits per heavy atom. The van der Waals surface area contributed by atoms with E-state index in [1.165, 1.54) is 6.07 Å². The molecule has 0 aliphatic carbocycles.